The van der Waals surface area contributed by atoms with Crippen LogP contribution in [0.2, 0.25) is 0 Å². The van der Waals surface area contributed by atoms with Crippen LogP contribution < -0.4 is 5.32 Å². The van der Waals surface area contributed by atoms with Crippen molar-refractivity contribution in [1.29, 1.82) is 0 Å². The Kier molecular flexibility index (Phi) is 11.3. The standard InChI is InChI=1S/C11H22.C10H13N/c1-5-9-11(8-4)10(6-2)7-3;1-8(2)11-10-6-4-9(3)5-7-10/h6,10-11H,2,5,7-9H2,1,3-4H3;4-7,11H,1H2,2-3H3. The Labute approximate surface area is 138 Å². The Morgan fingerprint density at radius 1 is 1.14 bits per heavy atom. The van der Waals surface area contributed by atoms with Crippen molar-refractivity contribution >= 4 is 5.69 Å². The number of hydrogen-bond acceptors (Lipinski definition) is 1. The van der Waals surface area contributed by atoms with Crippen LogP contribution in [0.4, 0.5) is 5.69 Å². The highest BCUT2D eigenvalue weighted by Gasteiger charge is 2.13. The van der Waals surface area contributed by atoms with E-state index < -0.39 is 0 Å². The van der Waals surface area contributed by atoms with E-state index in [1.807, 2.05) is 19.1 Å². The van der Waals surface area contributed by atoms with Crippen molar-refractivity contribution in [3.63, 3.8) is 0 Å². The second-order valence-electron chi connectivity index (χ2n) is 6.04. The zero-order valence-electron chi connectivity index (χ0n) is 15.3. The maximum Gasteiger partial charge on any atom is 0.0381 e. The van der Waals surface area contributed by atoms with E-state index >= 15 is 0 Å². The van der Waals surface area contributed by atoms with Gasteiger partial charge in [0.25, 0.3) is 0 Å². The van der Waals surface area contributed by atoms with Gasteiger partial charge >= 0.3 is 0 Å². The molecule has 0 fully saturated rings. The molecule has 1 aromatic carbocycles. The van der Waals surface area contributed by atoms with E-state index in [2.05, 4.69) is 64.4 Å². The van der Waals surface area contributed by atoms with E-state index in [1.165, 1.54) is 31.2 Å². The van der Waals surface area contributed by atoms with Gasteiger partial charge in [0.05, 0.1) is 0 Å². The molecule has 0 radical (unpaired) electrons. The SMILES string of the molecule is C=C(C)Nc1ccc(C)cc1.C=CC(CC)C(CC)CCC. The minimum Gasteiger partial charge on any atom is -0.360 e. The predicted octanol–water partition coefficient (Wildman–Crippen LogP) is 6.97. The van der Waals surface area contributed by atoms with Gasteiger partial charge in [0, 0.05) is 11.4 Å². The first-order chi connectivity index (χ1) is 10.5. The second kappa shape index (κ2) is 12.1. The molecule has 1 aromatic rings. The summed E-state index contributed by atoms with van der Waals surface area (Å²) in [6.45, 7) is 18.5. The number of benzene rings is 1. The number of aryl methyl sites for hydroxylation is 1. The number of nitrogens with one attached hydrogen (secondary N) is 1. The van der Waals surface area contributed by atoms with Crippen LogP contribution in [0, 0.1) is 18.8 Å². The summed E-state index contributed by atoms with van der Waals surface area (Å²) in [7, 11) is 0. The molecule has 0 amide bonds. The molecule has 0 saturated heterocycles. The average Bonchev–Trinajstić information content (AvgIpc) is 2.50. The Morgan fingerprint density at radius 3 is 2.09 bits per heavy atom. The van der Waals surface area contributed by atoms with E-state index in [-0.39, 0.29) is 0 Å². The molecule has 2 atom stereocenters. The summed E-state index contributed by atoms with van der Waals surface area (Å²) in [5.74, 6) is 1.63. The fourth-order valence-corrected chi connectivity index (χ4v) is 2.67. The van der Waals surface area contributed by atoms with Crippen molar-refractivity contribution in [3.05, 3.63) is 54.8 Å². The molecule has 0 heterocycles. The summed E-state index contributed by atoms with van der Waals surface area (Å²) in [5.41, 5.74) is 3.34. The summed E-state index contributed by atoms with van der Waals surface area (Å²) < 4.78 is 0. The molecule has 124 valence electrons. The van der Waals surface area contributed by atoms with E-state index in [9.17, 15) is 0 Å². The first-order valence-electron chi connectivity index (χ1n) is 8.60. The van der Waals surface area contributed by atoms with Gasteiger partial charge in [-0.1, -0.05) is 70.4 Å². The zero-order chi connectivity index (χ0) is 17.0. The quantitative estimate of drug-likeness (QED) is 0.511. The van der Waals surface area contributed by atoms with Crippen LogP contribution in [0.15, 0.2) is 49.2 Å². The topological polar surface area (TPSA) is 12.0 Å². The minimum absolute atomic E-state index is 0.750. The van der Waals surface area contributed by atoms with Crippen molar-refractivity contribution in [1.82, 2.24) is 0 Å². The van der Waals surface area contributed by atoms with Gasteiger partial charge < -0.3 is 5.32 Å². The summed E-state index contributed by atoms with van der Waals surface area (Å²) in [6.07, 6.45) is 7.36. The monoisotopic (exact) mass is 301 g/mol. The fourth-order valence-electron chi connectivity index (χ4n) is 2.67. The van der Waals surface area contributed by atoms with E-state index in [0.29, 0.717) is 0 Å². The van der Waals surface area contributed by atoms with Crippen molar-refractivity contribution < 1.29 is 0 Å². The molecule has 0 saturated carbocycles. The summed E-state index contributed by atoms with van der Waals surface area (Å²) in [5, 5.41) is 3.14. The number of anilines is 1. The van der Waals surface area contributed by atoms with Crippen molar-refractivity contribution in [2.24, 2.45) is 11.8 Å². The third-order valence-corrected chi connectivity index (χ3v) is 3.97. The Balaban J connectivity index is 0.000000401. The molecule has 1 rings (SSSR count). The third-order valence-electron chi connectivity index (χ3n) is 3.97. The van der Waals surface area contributed by atoms with Gasteiger partial charge in [-0.15, -0.1) is 6.58 Å². The molecule has 0 aliphatic heterocycles. The molecule has 0 aliphatic rings. The minimum atomic E-state index is 0.750. The Hall–Kier alpha value is -1.50. The lowest BCUT2D eigenvalue weighted by Crippen LogP contribution is -2.10. The van der Waals surface area contributed by atoms with Gasteiger partial charge in [0.15, 0.2) is 0 Å². The molecule has 0 aliphatic carbocycles. The lowest BCUT2D eigenvalue weighted by Gasteiger charge is -2.21. The van der Waals surface area contributed by atoms with Gasteiger partial charge in [-0.3, -0.25) is 0 Å². The summed E-state index contributed by atoms with van der Waals surface area (Å²) >= 11 is 0. The van der Waals surface area contributed by atoms with E-state index in [1.54, 1.807) is 0 Å². The number of rotatable bonds is 8. The van der Waals surface area contributed by atoms with Crippen LogP contribution in [0.3, 0.4) is 0 Å². The largest absolute Gasteiger partial charge is 0.360 e. The summed E-state index contributed by atoms with van der Waals surface area (Å²) in [4.78, 5) is 0. The van der Waals surface area contributed by atoms with E-state index in [4.69, 9.17) is 0 Å². The van der Waals surface area contributed by atoms with Crippen molar-refractivity contribution in [2.75, 3.05) is 5.32 Å². The maximum atomic E-state index is 3.88. The predicted molar refractivity (Wildman–Crippen MR) is 102 cm³/mol. The zero-order valence-corrected chi connectivity index (χ0v) is 15.3. The van der Waals surface area contributed by atoms with Gasteiger partial charge in [-0.2, -0.15) is 0 Å². The first kappa shape index (κ1) is 20.5. The number of hydrogen-bond donors (Lipinski definition) is 1. The van der Waals surface area contributed by atoms with Gasteiger partial charge in [0.1, 0.15) is 0 Å². The lowest BCUT2D eigenvalue weighted by atomic mass is 9.85. The number of allylic oxidation sites excluding steroid dienone is 2. The molecule has 2 unspecified atom stereocenters. The summed E-state index contributed by atoms with van der Waals surface area (Å²) in [6, 6.07) is 8.24. The molecule has 1 nitrogen and oxygen atoms in total. The molecule has 1 heteroatoms. The van der Waals surface area contributed by atoms with Crippen molar-refractivity contribution in [3.8, 4) is 0 Å². The highest BCUT2D eigenvalue weighted by molar-refractivity contribution is 5.48. The Morgan fingerprint density at radius 2 is 1.73 bits per heavy atom. The Bertz CT molecular complexity index is 416. The van der Waals surface area contributed by atoms with Crippen LogP contribution in [-0.2, 0) is 0 Å². The van der Waals surface area contributed by atoms with Gasteiger partial charge in [0.2, 0.25) is 0 Å². The van der Waals surface area contributed by atoms with Crippen LogP contribution in [0.1, 0.15) is 58.9 Å². The molecule has 22 heavy (non-hydrogen) atoms. The highest BCUT2D eigenvalue weighted by atomic mass is 14.9. The first-order valence-corrected chi connectivity index (χ1v) is 8.60. The smallest absolute Gasteiger partial charge is 0.0381 e. The molecule has 1 N–H and O–H groups in total. The van der Waals surface area contributed by atoms with Gasteiger partial charge in [-0.05, 0) is 44.2 Å². The van der Waals surface area contributed by atoms with Crippen LogP contribution in [-0.4, -0.2) is 0 Å². The average molecular weight is 302 g/mol. The van der Waals surface area contributed by atoms with Crippen LogP contribution in [0.25, 0.3) is 0 Å². The molecule has 0 spiro atoms. The van der Waals surface area contributed by atoms with Crippen LogP contribution >= 0.6 is 0 Å². The molecule has 0 bridgehead atoms. The molecule has 0 aromatic heterocycles. The van der Waals surface area contributed by atoms with Crippen molar-refractivity contribution in [2.45, 2.75) is 60.3 Å². The lowest BCUT2D eigenvalue weighted by molar-refractivity contribution is 0.347. The fraction of sp³-hybridized carbons (Fsp3) is 0.524. The van der Waals surface area contributed by atoms with Gasteiger partial charge in [-0.25, -0.2) is 0 Å². The van der Waals surface area contributed by atoms with E-state index in [0.717, 1.165) is 23.2 Å². The second-order valence-corrected chi connectivity index (χ2v) is 6.04. The third kappa shape index (κ3) is 8.71. The normalized spacial score (nSPS) is 12.6. The van der Waals surface area contributed by atoms with Crippen LogP contribution in [0.5, 0.6) is 0 Å². The highest BCUT2D eigenvalue weighted by Crippen LogP contribution is 2.24. The molecular formula is C21H35N. The maximum absolute atomic E-state index is 3.88. The molecular weight excluding hydrogens is 266 g/mol.